The lowest BCUT2D eigenvalue weighted by Gasteiger charge is -2.30. The van der Waals surface area contributed by atoms with E-state index in [9.17, 15) is 26.4 Å². The van der Waals surface area contributed by atoms with Crippen molar-refractivity contribution in [1.82, 2.24) is 14.6 Å². The highest BCUT2D eigenvalue weighted by molar-refractivity contribution is 7.89. The van der Waals surface area contributed by atoms with Gasteiger partial charge in [-0.1, -0.05) is 55.8 Å². The van der Waals surface area contributed by atoms with E-state index in [4.69, 9.17) is 4.42 Å². The Labute approximate surface area is 213 Å². The molecule has 1 fully saturated rings. The van der Waals surface area contributed by atoms with Crippen LogP contribution in [-0.4, -0.2) is 43.2 Å². The van der Waals surface area contributed by atoms with Crippen molar-refractivity contribution in [2.45, 2.75) is 49.6 Å². The molecule has 37 heavy (non-hydrogen) atoms. The molecule has 0 unspecified atom stereocenters. The SMILES string of the molecule is CCCCNC(=O)c1nc(C2CCN(S(=O)(=O)c3ccccc3C(F)(F)F)CC2)oc1-c1ccccc1. The minimum atomic E-state index is -4.79. The molecule has 0 saturated carbocycles. The smallest absolute Gasteiger partial charge is 0.417 e. The number of halogens is 3. The Morgan fingerprint density at radius 1 is 1.08 bits per heavy atom. The maximum atomic E-state index is 13.4. The van der Waals surface area contributed by atoms with Gasteiger partial charge in [0.05, 0.1) is 10.5 Å². The van der Waals surface area contributed by atoms with E-state index < -0.39 is 26.7 Å². The summed E-state index contributed by atoms with van der Waals surface area (Å²) in [6.45, 7) is 2.52. The van der Waals surface area contributed by atoms with Crippen LogP contribution in [0.25, 0.3) is 11.3 Å². The Bertz CT molecular complexity index is 1330. The molecule has 1 saturated heterocycles. The fraction of sp³-hybridized carbons (Fsp3) is 0.385. The van der Waals surface area contributed by atoms with Gasteiger partial charge in [0.25, 0.3) is 5.91 Å². The summed E-state index contributed by atoms with van der Waals surface area (Å²) in [6.07, 6.45) is -2.47. The van der Waals surface area contributed by atoms with Gasteiger partial charge in [-0.3, -0.25) is 4.79 Å². The molecule has 1 amide bonds. The highest BCUT2D eigenvalue weighted by atomic mass is 32.2. The van der Waals surface area contributed by atoms with Gasteiger partial charge < -0.3 is 9.73 Å². The van der Waals surface area contributed by atoms with Crippen LogP contribution in [0.4, 0.5) is 13.2 Å². The maximum absolute atomic E-state index is 13.4. The number of hydrogen-bond donors (Lipinski definition) is 1. The van der Waals surface area contributed by atoms with Gasteiger partial charge in [-0.2, -0.15) is 17.5 Å². The average Bonchev–Trinajstić information content (AvgIpc) is 3.35. The van der Waals surface area contributed by atoms with E-state index >= 15 is 0 Å². The Morgan fingerprint density at radius 2 is 1.73 bits per heavy atom. The van der Waals surface area contributed by atoms with Crippen molar-refractivity contribution in [1.29, 1.82) is 0 Å². The molecule has 198 valence electrons. The fourth-order valence-corrected chi connectivity index (χ4v) is 6.00. The zero-order valence-corrected chi connectivity index (χ0v) is 21.1. The van der Waals surface area contributed by atoms with Gasteiger partial charge in [0.2, 0.25) is 10.0 Å². The number of carbonyl (C=O) groups excluding carboxylic acids is 1. The number of oxazole rings is 1. The zero-order valence-electron chi connectivity index (χ0n) is 20.3. The molecule has 1 aromatic heterocycles. The normalized spacial score (nSPS) is 15.6. The summed E-state index contributed by atoms with van der Waals surface area (Å²) in [4.78, 5) is 16.6. The summed E-state index contributed by atoms with van der Waals surface area (Å²) < 4.78 is 73.6. The summed E-state index contributed by atoms with van der Waals surface area (Å²) in [5.41, 5.74) is -0.340. The minimum Gasteiger partial charge on any atom is -0.440 e. The van der Waals surface area contributed by atoms with Crippen molar-refractivity contribution in [3.8, 4) is 11.3 Å². The lowest BCUT2D eigenvalue weighted by Crippen LogP contribution is -2.38. The molecule has 0 bridgehead atoms. The molecule has 2 aromatic carbocycles. The summed E-state index contributed by atoms with van der Waals surface area (Å²) in [6, 6.07) is 13.3. The minimum absolute atomic E-state index is 0.000269. The van der Waals surface area contributed by atoms with Crippen LogP contribution in [0.15, 0.2) is 63.9 Å². The number of amides is 1. The molecule has 4 rings (SSSR count). The maximum Gasteiger partial charge on any atom is 0.417 e. The molecule has 3 aromatic rings. The average molecular weight is 536 g/mol. The summed E-state index contributed by atoms with van der Waals surface area (Å²) in [5.74, 6) is 0.000951. The number of alkyl halides is 3. The molecule has 11 heteroatoms. The quantitative estimate of drug-likeness (QED) is 0.387. The van der Waals surface area contributed by atoms with Crippen LogP contribution in [0.2, 0.25) is 0 Å². The monoisotopic (exact) mass is 535 g/mol. The number of rotatable bonds is 8. The number of hydrogen-bond acceptors (Lipinski definition) is 5. The number of sulfonamides is 1. The standard InChI is InChI=1S/C26H28F3N3O4S/c1-2-3-15-30-24(33)22-23(18-9-5-4-6-10-18)36-25(31-22)19-13-16-32(17-14-19)37(34,35)21-12-8-7-11-20(21)26(27,28)29/h4-12,19H,2-3,13-17H2,1H3,(H,30,33). The molecule has 7 nitrogen and oxygen atoms in total. The van der Waals surface area contributed by atoms with Crippen LogP contribution in [-0.2, 0) is 16.2 Å². The van der Waals surface area contributed by atoms with E-state index in [-0.39, 0.29) is 30.6 Å². The van der Waals surface area contributed by atoms with Crippen molar-refractivity contribution in [3.05, 3.63) is 71.7 Å². The van der Waals surface area contributed by atoms with Crippen molar-refractivity contribution in [3.63, 3.8) is 0 Å². The molecule has 0 aliphatic carbocycles. The Kier molecular flexibility index (Phi) is 8.03. The van der Waals surface area contributed by atoms with Crippen LogP contribution in [0.5, 0.6) is 0 Å². The molecule has 1 aliphatic heterocycles. The van der Waals surface area contributed by atoms with E-state index in [1.165, 1.54) is 6.07 Å². The van der Waals surface area contributed by atoms with Gasteiger partial charge in [-0.15, -0.1) is 0 Å². The predicted molar refractivity (Wildman–Crippen MR) is 131 cm³/mol. The second kappa shape index (κ2) is 11.1. The van der Waals surface area contributed by atoms with Gasteiger partial charge in [-0.05, 0) is 31.4 Å². The van der Waals surface area contributed by atoms with Crippen LogP contribution in [0.1, 0.15) is 60.5 Å². The van der Waals surface area contributed by atoms with Crippen LogP contribution in [0, 0.1) is 0 Å². The molecule has 1 N–H and O–H groups in total. The van der Waals surface area contributed by atoms with Gasteiger partial charge in [0, 0.05) is 31.1 Å². The molecule has 0 spiro atoms. The van der Waals surface area contributed by atoms with Crippen LogP contribution < -0.4 is 5.32 Å². The number of unbranched alkanes of at least 4 members (excludes halogenated alkanes) is 1. The van der Waals surface area contributed by atoms with E-state index in [0.29, 0.717) is 36.6 Å². The van der Waals surface area contributed by atoms with E-state index in [1.807, 2.05) is 25.1 Å². The van der Waals surface area contributed by atoms with Crippen molar-refractivity contribution in [2.75, 3.05) is 19.6 Å². The third kappa shape index (κ3) is 5.88. The molecule has 2 heterocycles. The third-order valence-electron chi connectivity index (χ3n) is 6.32. The van der Waals surface area contributed by atoms with Crippen molar-refractivity contribution >= 4 is 15.9 Å². The summed E-state index contributed by atoms with van der Waals surface area (Å²) >= 11 is 0. The van der Waals surface area contributed by atoms with Gasteiger partial charge >= 0.3 is 6.18 Å². The second-order valence-corrected chi connectivity index (χ2v) is 10.8. The van der Waals surface area contributed by atoms with E-state index in [1.54, 1.807) is 12.1 Å². The number of nitrogens with zero attached hydrogens (tertiary/aromatic N) is 2. The number of piperidine rings is 1. The highest BCUT2D eigenvalue weighted by Crippen LogP contribution is 2.38. The number of nitrogens with one attached hydrogen (secondary N) is 1. The van der Waals surface area contributed by atoms with Gasteiger partial charge in [-0.25, -0.2) is 13.4 Å². The zero-order chi connectivity index (χ0) is 26.6. The van der Waals surface area contributed by atoms with Gasteiger partial charge in [0.15, 0.2) is 17.3 Å². The van der Waals surface area contributed by atoms with E-state index in [0.717, 1.165) is 35.3 Å². The molecular formula is C26H28F3N3O4S. The first-order chi connectivity index (χ1) is 17.6. The molecule has 0 atom stereocenters. The Balaban J connectivity index is 1.55. The van der Waals surface area contributed by atoms with E-state index in [2.05, 4.69) is 10.3 Å². The molecule has 1 aliphatic rings. The molecule has 0 radical (unpaired) electrons. The lowest BCUT2D eigenvalue weighted by atomic mass is 9.98. The Morgan fingerprint density at radius 3 is 2.38 bits per heavy atom. The fourth-order valence-electron chi connectivity index (χ4n) is 4.32. The van der Waals surface area contributed by atoms with Crippen LogP contribution >= 0.6 is 0 Å². The highest BCUT2D eigenvalue weighted by Gasteiger charge is 2.40. The number of aromatic nitrogens is 1. The summed E-state index contributed by atoms with van der Waals surface area (Å²) in [7, 11) is -4.36. The second-order valence-electron chi connectivity index (χ2n) is 8.88. The first-order valence-electron chi connectivity index (χ1n) is 12.1. The largest absolute Gasteiger partial charge is 0.440 e. The summed E-state index contributed by atoms with van der Waals surface area (Å²) in [5, 5.41) is 2.85. The van der Waals surface area contributed by atoms with Crippen LogP contribution in [0.3, 0.4) is 0 Å². The first-order valence-corrected chi connectivity index (χ1v) is 13.6. The Hall–Kier alpha value is -3.18. The lowest BCUT2D eigenvalue weighted by molar-refractivity contribution is -0.139. The van der Waals surface area contributed by atoms with Crippen molar-refractivity contribution < 1.29 is 30.8 Å². The number of benzene rings is 2. The third-order valence-corrected chi connectivity index (χ3v) is 8.28. The predicted octanol–water partition coefficient (Wildman–Crippen LogP) is 5.46. The van der Waals surface area contributed by atoms with Gasteiger partial charge in [0.1, 0.15) is 0 Å². The first kappa shape index (κ1) is 26.9. The topological polar surface area (TPSA) is 92.5 Å². The number of carbonyl (C=O) groups is 1. The molecular weight excluding hydrogens is 507 g/mol. The van der Waals surface area contributed by atoms with Crippen molar-refractivity contribution in [2.24, 2.45) is 0 Å².